The van der Waals surface area contributed by atoms with E-state index in [9.17, 15) is 0 Å². The van der Waals surface area contributed by atoms with Gasteiger partial charge in [0.2, 0.25) is 0 Å². The number of halogens is 1. The van der Waals surface area contributed by atoms with E-state index in [1.54, 1.807) is 0 Å². The highest BCUT2D eigenvalue weighted by Gasteiger charge is 2.24. The molecule has 0 N–H and O–H groups in total. The van der Waals surface area contributed by atoms with Crippen LogP contribution in [0.4, 0.5) is 0 Å². The Labute approximate surface area is 98.9 Å². The summed E-state index contributed by atoms with van der Waals surface area (Å²) in [5.41, 5.74) is 0. The molecule has 1 aromatic rings. The Morgan fingerprint density at radius 3 is 2.71 bits per heavy atom. The maximum absolute atomic E-state index is 3.87. The summed E-state index contributed by atoms with van der Waals surface area (Å²) in [5, 5.41) is 0. The third kappa shape index (κ3) is 2.22. The molecule has 0 nitrogen and oxygen atoms in total. The zero-order valence-electron chi connectivity index (χ0n) is 8.63. The lowest BCUT2D eigenvalue weighted by Gasteiger charge is -2.14. The number of alkyl halides is 1. The van der Waals surface area contributed by atoms with Crippen molar-refractivity contribution >= 4 is 27.3 Å². The molecule has 1 heterocycles. The fourth-order valence-corrected chi connectivity index (χ4v) is 4.20. The van der Waals surface area contributed by atoms with E-state index < -0.39 is 0 Å². The molecule has 0 spiro atoms. The van der Waals surface area contributed by atoms with E-state index in [0.717, 1.165) is 5.92 Å². The van der Waals surface area contributed by atoms with Gasteiger partial charge in [-0.1, -0.05) is 35.7 Å². The molecule has 1 fully saturated rings. The van der Waals surface area contributed by atoms with Crippen LogP contribution in [-0.4, -0.2) is 0 Å². The molecule has 0 amide bonds. The molecule has 2 heteroatoms. The van der Waals surface area contributed by atoms with E-state index in [4.69, 9.17) is 0 Å². The predicted octanol–water partition coefficient (Wildman–Crippen LogP) is 4.94. The Hall–Kier alpha value is 0.180. The molecule has 1 aliphatic carbocycles. The molecule has 78 valence electrons. The van der Waals surface area contributed by atoms with Crippen LogP contribution in [0, 0.1) is 5.92 Å². The third-order valence-corrected chi connectivity index (χ3v) is 5.97. The van der Waals surface area contributed by atoms with Crippen molar-refractivity contribution in [1.29, 1.82) is 0 Å². The molecule has 14 heavy (non-hydrogen) atoms. The highest BCUT2D eigenvalue weighted by Crippen LogP contribution is 2.43. The molecule has 0 aromatic carbocycles. The zero-order valence-corrected chi connectivity index (χ0v) is 11.0. The summed E-state index contributed by atoms with van der Waals surface area (Å²) in [6.07, 6.45) is 6.86. The van der Waals surface area contributed by atoms with Crippen molar-refractivity contribution in [2.24, 2.45) is 5.92 Å². The van der Waals surface area contributed by atoms with Crippen molar-refractivity contribution in [2.75, 3.05) is 0 Å². The molecule has 0 radical (unpaired) electrons. The van der Waals surface area contributed by atoms with Crippen LogP contribution in [0.5, 0.6) is 0 Å². The highest BCUT2D eigenvalue weighted by molar-refractivity contribution is 9.09. The molecular formula is C12H17BrS. The largest absolute Gasteiger partial charge is 0.144 e. The lowest BCUT2D eigenvalue weighted by Crippen LogP contribution is -2.00. The summed E-state index contributed by atoms with van der Waals surface area (Å²) in [6.45, 7) is 2.23. The summed E-state index contributed by atoms with van der Waals surface area (Å²) in [5.74, 6) is 0.887. The number of hydrogen-bond acceptors (Lipinski definition) is 1. The zero-order chi connectivity index (χ0) is 9.97. The first-order chi connectivity index (χ1) is 6.81. The average molecular weight is 273 g/mol. The normalized spacial score (nSPS) is 20.1. The highest BCUT2D eigenvalue weighted by atomic mass is 79.9. The Balaban J connectivity index is 2.05. The van der Waals surface area contributed by atoms with Gasteiger partial charge in [-0.2, -0.15) is 0 Å². The number of thiophene rings is 1. The van der Waals surface area contributed by atoms with Gasteiger partial charge in [0.15, 0.2) is 0 Å². The Morgan fingerprint density at radius 1 is 1.43 bits per heavy atom. The van der Waals surface area contributed by atoms with E-state index in [-0.39, 0.29) is 0 Å². The Kier molecular flexibility index (Phi) is 3.67. The molecule has 1 aromatic heterocycles. The maximum atomic E-state index is 3.87. The standard InChI is InChI=1S/C12H17BrS/c1-2-10-7-8-11(14-10)12(13)9-5-3-4-6-9/h7-9,12H,2-6H2,1H3. The first-order valence-corrected chi connectivity index (χ1v) is 7.27. The van der Waals surface area contributed by atoms with Crippen LogP contribution in [0.3, 0.4) is 0 Å². The third-order valence-electron chi connectivity index (χ3n) is 3.12. The molecule has 0 bridgehead atoms. The van der Waals surface area contributed by atoms with Crippen LogP contribution in [0.2, 0.25) is 0 Å². The fraction of sp³-hybridized carbons (Fsp3) is 0.667. The topological polar surface area (TPSA) is 0 Å². The molecule has 0 saturated heterocycles. The second-order valence-electron chi connectivity index (χ2n) is 4.10. The molecule has 1 unspecified atom stereocenters. The van der Waals surface area contributed by atoms with Crippen molar-refractivity contribution in [3.63, 3.8) is 0 Å². The van der Waals surface area contributed by atoms with Gasteiger partial charge < -0.3 is 0 Å². The van der Waals surface area contributed by atoms with Gasteiger partial charge in [0.05, 0.1) is 4.83 Å². The minimum absolute atomic E-state index is 0.621. The lowest BCUT2D eigenvalue weighted by molar-refractivity contribution is 0.546. The van der Waals surface area contributed by atoms with Crippen LogP contribution in [0.1, 0.15) is 47.2 Å². The van der Waals surface area contributed by atoms with Crippen LogP contribution >= 0.6 is 27.3 Å². The lowest BCUT2D eigenvalue weighted by atomic mass is 10.0. The smallest absolute Gasteiger partial charge is 0.0517 e. The number of aryl methyl sites for hydroxylation is 1. The van der Waals surface area contributed by atoms with Crippen molar-refractivity contribution in [3.8, 4) is 0 Å². The predicted molar refractivity (Wildman–Crippen MR) is 67.3 cm³/mol. The molecule has 1 aliphatic rings. The van der Waals surface area contributed by atoms with Crippen molar-refractivity contribution in [1.82, 2.24) is 0 Å². The summed E-state index contributed by atoms with van der Waals surface area (Å²) in [7, 11) is 0. The van der Waals surface area contributed by atoms with Gasteiger partial charge in [-0.15, -0.1) is 11.3 Å². The number of rotatable bonds is 3. The van der Waals surface area contributed by atoms with Crippen LogP contribution in [0.25, 0.3) is 0 Å². The SMILES string of the molecule is CCc1ccc(C(Br)C2CCCC2)s1. The van der Waals surface area contributed by atoms with E-state index in [1.165, 1.54) is 41.9 Å². The second-order valence-corrected chi connectivity index (χ2v) is 6.29. The summed E-state index contributed by atoms with van der Waals surface area (Å²) >= 11 is 5.85. The summed E-state index contributed by atoms with van der Waals surface area (Å²) < 4.78 is 0. The fourth-order valence-electron chi connectivity index (χ4n) is 2.22. The van der Waals surface area contributed by atoms with E-state index in [1.807, 2.05) is 11.3 Å². The monoisotopic (exact) mass is 272 g/mol. The van der Waals surface area contributed by atoms with Crippen molar-refractivity contribution < 1.29 is 0 Å². The van der Waals surface area contributed by atoms with E-state index in [0.29, 0.717) is 4.83 Å². The number of hydrogen-bond donors (Lipinski definition) is 0. The van der Waals surface area contributed by atoms with Gasteiger partial charge in [0.1, 0.15) is 0 Å². The Morgan fingerprint density at radius 2 is 2.14 bits per heavy atom. The van der Waals surface area contributed by atoms with Crippen molar-refractivity contribution in [2.45, 2.75) is 43.9 Å². The van der Waals surface area contributed by atoms with Crippen molar-refractivity contribution in [3.05, 3.63) is 21.9 Å². The first-order valence-electron chi connectivity index (χ1n) is 5.54. The minimum Gasteiger partial charge on any atom is -0.144 e. The molecular weight excluding hydrogens is 256 g/mol. The van der Waals surface area contributed by atoms with E-state index >= 15 is 0 Å². The maximum Gasteiger partial charge on any atom is 0.0517 e. The average Bonchev–Trinajstić information content (AvgIpc) is 2.88. The van der Waals surface area contributed by atoms with Crippen LogP contribution in [-0.2, 0) is 6.42 Å². The van der Waals surface area contributed by atoms with Gasteiger partial charge in [0, 0.05) is 9.75 Å². The molecule has 1 atom stereocenters. The van der Waals surface area contributed by atoms with Crippen LogP contribution in [0.15, 0.2) is 12.1 Å². The molecule has 2 rings (SSSR count). The van der Waals surface area contributed by atoms with Gasteiger partial charge in [-0.3, -0.25) is 0 Å². The van der Waals surface area contributed by atoms with Gasteiger partial charge in [0.25, 0.3) is 0 Å². The summed E-state index contributed by atoms with van der Waals surface area (Å²) in [6, 6.07) is 4.59. The molecule has 1 saturated carbocycles. The van der Waals surface area contributed by atoms with Gasteiger partial charge >= 0.3 is 0 Å². The summed E-state index contributed by atoms with van der Waals surface area (Å²) in [4.78, 5) is 3.67. The minimum atomic E-state index is 0.621. The quantitative estimate of drug-likeness (QED) is 0.684. The first kappa shape index (κ1) is 10.7. The second kappa shape index (κ2) is 4.80. The van der Waals surface area contributed by atoms with Gasteiger partial charge in [-0.05, 0) is 37.3 Å². The van der Waals surface area contributed by atoms with E-state index in [2.05, 4.69) is 35.0 Å². The Bertz CT molecular complexity index is 286. The van der Waals surface area contributed by atoms with Gasteiger partial charge in [-0.25, -0.2) is 0 Å². The molecule has 0 aliphatic heterocycles. The van der Waals surface area contributed by atoms with Crippen LogP contribution < -0.4 is 0 Å².